The van der Waals surface area contributed by atoms with Crippen LogP contribution in [0.25, 0.3) is 0 Å². The maximum absolute atomic E-state index is 6.20. The highest BCUT2D eigenvalue weighted by Crippen LogP contribution is 2.32. The average Bonchev–Trinajstić information content (AvgIpc) is 2.17. The molecule has 0 radical (unpaired) electrons. The summed E-state index contributed by atoms with van der Waals surface area (Å²) < 4.78 is 5.36. The Morgan fingerprint density at radius 2 is 2.07 bits per heavy atom. The number of halogens is 1. The summed E-state index contributed by atoms with van der Waals surface area (Å²) in [5, 5.41) is 0.819. The van der Waals surface area contributed by atoms with Crippen LogP contribution >= 0.6 is 11.6 Å². The summed E-state index contributed by atoms with van der Waals surface area (Å²) in [4.78, 5) is 0. The molecule has 0 spiro atoms. The van der Waals surface area contributed by atoms with Crippen LogP contribution in [-0.4, -0.2) is 13.7 Å². The van der Waals surface area contributed by atoms with E-state index in [4.69, 9.17) is 22.1 Å². The Morgan fingerprint density at radius 3 is 2.60 bits per heavy atom. The van der Waals surface area contributed by atoms with Gasteiger partial charge < -0.3 is 10.5 Å². The van der Waals surface area contributed by atoms with E-state index in [2.05, 4.69) is 0 Å². The Morgan fingerprint density at radius 1 is 1.40 bits per heavy atom. The van der Waals surface area contributed by atoms with Gasteiger partial charge in [0, 0.05) is 5.02 Å². The van der Waals surface area contributed by atoms with Crippen LogP contribution in [-0.2, 0) is 6.42 Å². The first-order chi connectivity index (χ1) is 7.11. The standard InChI is InChI=1S/C12H18ClNO/c1-8-7-11(13)10(5-4-6-14)9(2)12(8)15-3/h7H,4-6,14H2,1-3H3. The molecule has 0 amide bonds. The Hall–Kier alpha value is -0.730. The Balaban J connectivity index is 3.14. The lowest BCUT2D eigenvalue weighted by Crippen LogP contribution is -2.03. The largest absolute Gasteiger partial charge is 0.496 e. The van der Waals surface area contributed by atoms with Crippen LogP contribution in [0.1, 0.15) is 23.1 Å². The molecule has 0 aliphatic heterocycles. The van der Waals surface area contributed by atoms with Gasteiger partial charge in [-0.25, -0.2) is 0 Å². The third-order valence-electron chi connectivity index (χ3n) is 2.62. The molecule has 0 bridgehead atoms. The maximum atomic E-state index is 6.20. The molecule has 0 aliphatic rings. The second-order valence-corrected chi connectivity index (χ2v) is 4.11. The van der Waals surface area contributed by atoms with Crippen LogP contribution in [0.5, 0.6) is 5.75 Å². The first-order valence-electron chi connectivity index (χ1n) is 5.14. The zero-order valence-corrected chi connectivity index (χ0v) is 10.3. The molecule has 0 saturated heterocycles. The van der Waals surface area contributed by atoms with Crippen molar-refractivity contribution in [3.05, 3.63) is 27.8 Å². The molecular formula is C12H18ClNO. The predicted octanol–water partition coefficient (Wildman–Crippen LogP) is 2.86. The molecule has 1 aromatic rings. The summed E-state index contributed by atoms with van der Waals surface area (Å²) in [7, 11) is 1.69. The highest BCUT2D eigenvalue weighted by molar-refractivity contribution is 6.31. The number of nitrogens with two attached hydrogens (primary N) is 1. The molecule has 1 rings (SSSR count). The molecule has 0 fully saturated rings. The lowest BCUT2D eigenvalue weighted by molar-refractivity contribution is 0.408. The molecule has 0 aliphatic carbocycles. The summed E-state index contributed by atoms with van der Waals surface area (Å²) in [6.07, 6.45) is 1.87. The lowest BCUT2D eigenvalue weighted by Gasteiger charge is -2.14. The summed E-state index contributed by atoms with van der Waals surface area (Å²) >= 11 is 6.20. The van der Waals surface area contributed by atoms with Crippen molar-refractivity contribution in [3.63, 3.8) is 0 Å². The van der Waals surface area contributed by atoms with Gasteiger partial charge in [0.05, 0.1) is 7.11 Å². The van der Waals surface area contributed by atoms with Gasteiger partial charge in [0.1, 0.15) is 5.75 Å². The van der Waals surface area contributed by atoms with Crippen molar-refractivity contribution in [3.8, 4) is 5.75 Å². The summed E-state index contributed by atoms with van der Waals surface area (Å²) in [5.41, 5.74) is 8.87. The van der Waals surface area contributed by atoms with Gasteiger partial charge in [-0.3, -0.25) is 0 Å². The van der Waals surface area contributed by atoms with Crippen LogP contribution in [0.4, 0.5) is 0 Å². The molecule has 3 heteroatoms. The van der Waals surface area contributed by atoms with Crippen molar-refractivity contribution >= 4 is 11.6 Å². The number of benzene rings is 1. The highest BCUT2D eigenvalue weighted by Gasteiger charge is 2.11. The van der Waals surface area contributed by atoms with E-state index in [1.54, 1.807) is 7.11 Å². The van der Waals surface area contributed by atoms with Gasteiger partial charge >= 0.3 is 0 Å². The molecular weight excluding hydrogens is 210 g/mol. The Labute approximate surface area is 96.4 Å². The fourth-order valence-electron chi connectivity index (χ4n) is 1.85. The number of methoxy groups -OCH3 is 1. The molecule has 84 valence electrons. The summed E-state index contributed by atoms with van der Waals surface area (Å²) in [6.45, 7) is 4.74. The van der Waals surface area contributed by atoms with Crippen LogP contribution in [0.3, 0.4) is 0 Å². The minimum atomic E-state index is 0.686. The topological polar surface area (TPSA) is 35.2 Å². The third-order valence-corrected chi connectivity index (χ3v) is 2.96. The fraction of sp³-hybridized carbons (Fsp3) is 0.500. The van der Waals surface area contributed by atoms with Crippen LogP contribution in [0.15, 0.2) is 6.07 Å². The van der Waals surface area contributed by atoms with Crippen molar-refractivity contribution in [2.45, 2.75) is 26.7 Å². The number of ether oxygens (including phenoxy) is 1. The van der Waals surface area contributed by atoms with Crippen molar-refractivity contribution in [2.75, 3.05) is 13.7 Å². The van der Waals surface area contributed by atoms with E-state index < -0.39 is 0 Å². The van der Waals surface area contributed by atoms with E-state index in [0.29, 0.717) is 6.54 Å². The lowest BCUT2D eigenvalue weighted by atomic mass is 10.00. The zero-order chi connectivity index (χ0) is 11.4. The van der Waals surface area contributed by atoms with Crippen molar-refractivity contribution < 1.29 is 4.74 Å². The van der Waals surface area contributed by atoms with E-state index in [0.717, 1.165) is 40.3 Å². The quantitative estimate of drug-likeness (QED) is 0.859. The number of hydrogen-bond acceptors (Lipinski definition) is 2. The van der Waals surface area contributed by atoms with Gasteiger partial charge in [0.15, 0.2) is 0 Å². The summed E-state index contributed by atoms with van der Waals surface area (Å²) in [5.74, 6) is 0.937. The Bertz CT molecular complexity index is 350. The van der Waals surface area contributed by atoms with Gasteiger partial charge in [0.25, 0.3) is 0 Å². The second kappa shape index (κ2) is 5.38. The second-order valence-electron chi connectivity index (χ2n) is 3.70. The van der Waals surface area contributed by atoms with E-state index in [-0.39, 0.29) is 0 Å². The van der Waals surface area contributed by atoms with Crippen LogP contribution in [0.2, 0.25) is 5.02 Å². The molecule has 15 heavy (non-hydrogen) atoms. The van der Waals surface area contributed by atoms with E-state index >= 15 is 0 Å². The molecule has 0 aromatic heterocycles. The fourth-order valence-corrected chi connectivity index (χ4v) is 2.25. The third kappa shape index (κ3) is 2.64. The van der Waals surface area contributed by atoms with Crippen LogP contribution < -0.4 is 10.5 Å². The zero-order valence-electron chi connectivity index (χ0n) is 9.56. The minimum absolute atomic E-state index is 0.686. The minimum Gasteiger partial charge on any atom is -0.496 e. The first kappa shape index (κ1) is 12.3. The maximum Gasteiger partial charge on any atom is 0.125 e. The van der Waals surface area contributed by atoms with Gasteiger partial charge in [-0.15, -0.1) is 0 Å². The average molecular weight is 228 g/mol. The van der Waals surface area contributed by atoms with Crippen LogP contribution in [0, 0.1) is 13.8 Å². The van der Waals surface area contributed by atoms with E-state index in [1.807, 2.05) is 19.9 Å². The van der Waals surface area contributed by atoms with Gasteiger partial charge in [0.2, 0.25) is 0 Å². The van der Waals surface area contributed by atoms with Crippen molar-refractivity contribution in [1.82, 2.24) is 0 Å². The SMILES string of the molecule is COc1c(C)cc(Cl)c(CCCN)c1C. The molecule has 2 nitrogen and oxygen atoms in total. The highest BCUT2D eigenvalue weighted by atomic mass is 35.5. The number of rotatable bonds is 4. The van der Waals surface area contributed by atoms with E-state index in [9.17, 15) is 0 Å². The van der Waals surface area contributed by atoms with Gasteiger partial charge in [-0.2, -0.15) is 0 Å². The molecule has 0 saturated carbocycles. The van der Waals surface area contributed by atoms with E-state index in [1.165, 1.54) is 0 Å². The number of hydrogen-bond donors (Lipinski definition) is 1. The van der Waals surface area contributed by atoms with Crippen molar-refractivity contribution in [1.29, 1.82) is 0 Å². The van der Waals surface area contributed by atoms with Crippen molar-refractivity contribution in [2.24, 2.45) is 5.73 Å². The Kier molecular flexibility index (Phi) is 4.43. The summed E-state index contributed by atoms with van der Waals surface area (Å²) in [6, 6.07) is 1.96. The van der Waals surface area contributed by atoms with Gasteiger partial charge in [-0.05, 0) is 56.0 Å². The molecule has 0 unspecified atom stereocenters. The molecule has 1 aromatic carbocycles. The molecule has 0 heterocycles. The predicted molar refractivity (Wildman–Crippen MR) is 64.9 cm³/mol. The number of aryl methyl sites for hydroxylation is 1. The first-order valence-corrected chi connectivity index (χ1v) is 5.52. The monoisotopic (exact) mass is 227 g/mol. The molecule has 2 N–H and O–H groups in total. The molecule has 0 atom stereocenters. The van der Waals surface area contributed by atoms with Gasteiger partial charge in [-0.1, -0.05) is 11.6 Å². The normalized spacial score (nSPS) is 10.5. The smallest absolute Gasteiger partial charge is 0.125 e.